The molecule has 27 heavy (non-hydrogen) atoms. The number of pyridine rings is 1. The number of amides is 1. The number of rotatable bonds is 4. The molecule has 0 spiro atoms. The fourth-order valence-corrected chi connectivity index (χ4v) is 5.08. The van der Waals surface area contributed by atoms with Crippen molar-refractivity contribution in [1.82, 2.24) is 15.2 Å². The van der Waals surface area contributed by atoms with Crippen LogP contribution in [0, 0.1) is 11.8 Å². The molecule has 1 aromatic heterocycles. The van der Waals surface area contributed by atoms with E-state index in [2.05, 4.69) is 45.5 Å². The first-order valence-electron chi connectivity index (χ1n) is 9.87. The summed E-state index contributed by atoms with van der Waals surface area (Å²) in [6.07, 6.45) is 4.64. The van der Waals surface area contributed by atoms with Crippen molar-refractivity contribution in [3.63, 3.8) is 0 Å². The quantitative estimate of drug-likeness (QED) is 0.874. The lowest BCUT2D eigenvalue weighted by molar-refractivity contribution is -0.132. The monoisotopic (exact) mass is 363 g/mol. The Labute approximate surface area is 159 Å². The number of nitrogens with one attached hydrogen (secondary N) is 1. The molecule has 3 aliphatic rings. The lowest BCUT2D eigenvalue weighted by Gasteiger charge is -2.32. The molecule has 2 fully saturated rings. The Balaban J connectivity index is 1.34. The number of likely N-dealkylation sites (tertiary alicyclic amines) is 1. The van der Waals surface area contributed by atoms with Crippen LogP contribution in [0.4, 0.5) is 0 Å². The van der Waals surface area contributed by atoms with Crippen LogP contribution in [0.25, 0.3) is 0 Å². The largest absolute Gasteiger partial charge is 0.393 e. The third-order valence-corrected chi connectivity index (χ3v) is 6.51. The Kier molecular flexibility index (Phi) is 4.21. The summed E-state index contributed by atoms with van der Waals surface area (Å²) >= 11 is 0. The van der Waals surface area contributed by atoms with Crippen LogP contribution in [-0.2, 0) is 11.3 Å². The van der Waals surface area contributed by atoms with Gasteiger partial charge in [-0.1, -0.05) is 30.3 Å². The number of fused-ring (bicyclic) bond motifs is 3. The SMILES string of the molecule is O=C(N[C@@H]1c2ccccc2[C@@H]2CN(Cc3cccnc3)C[C@H]12)C1CC(O)C1. The van der Waals surface area contributed by atoms with Gasteiger partial charge in [-0.2, -0.15) is 0 Å². The maximum atomic E-state index is 12.7. The van der Waals surface area contributed by atoms with Crippen molar-refractivity contribution in [2.45, 2.75) is 37.5 Å². The van der Waals surface area contributed by atoms with Crippen LogP contribution < -0.4 is 5.32 Å². The zero-order valence-electron chi connectivity index (χ0n) is 15.3. The predicted octanol–water partition coefficient (Wildman–Crippen LogP) is 2.24. The van der Waals surface area contributed by atoms with E-state index in [4.69, 9.17) is 0 Å². The summed E-state index contributed by atoms with van der Waals surface area (Å²) < 4.78 is 0. The molecule has 2 aliphatic carbocycles. The third-order valence-electron chi connectivity index (χ3n) is 6.51. The summed E-state index contributed by atoms with van der Waals surface area (Å²) in [6, 6.07) is 12.7. The lowest BCUT2D eigenvalue weighted by atomic mass is 9.81. The van der Waals surface area contributed by atoms with E-state index >= 15 is 0 Å². The fraction of sp³-hybridized carbons (Fsp3) is 0.455. The highest BCUT2D eigenvalue weighted by Gasteiger charge is 2.47. The highest BCUT2D eigenvalue weighted by Crippen LogP contribution is 2.49. The molecule has 1 aliphatic heterocycles. The molecule has 1 saturated carbocycles. The van der Waals surface area contributed by atoms with Crippen molar-refractivity contribution < 1.29 is 9.90 Å². The molecule has 2 heterocycles. The molecule has 0 radical (unpaired) electrons. The second-order valence-electron chi connectivity index (χ2n) is 8.26. The number of aliphatic hydroxyl groups is 1. The van der Waals surface area contributed by atoms with E-state index in [0.717, 1.165) is 19.6 Å². The molecule has 1 aromatic carbocycles. The van der Waals surface area contributed by atoms with E-state index in [1.807, 2.05) is 12.3 Å². The molecule has 5 heteroatoms. The van der Waals surface area contributed by atoms with E-state index < -0.39 is 0 Å². The lowest BCUT2D eigenvalue weighted by Crippen LogP contribution is -2.43. The standard InChI is InChI=1S/C22H25N3O2/c26-16-8-15(9-16)22(27)24-21-18-6-2-1-5-17(18)19-12-25(13-20(19)21)11-14-4-3-7-23-10-14/h1-7,10,15-16,19-21,26H,8-9,11-13H2,(H,24,27)/t15?,16?,19-,20-,21+/m0/s1. The van der Waals surface area contributed by atoms with Gasteiger partial charge in [0.15, 0.2) is 0 Å². The topological polar surface area (TPSA) is 65.5 Å². The third kappa shape index (κ3) is 3.05. The predicted molar refractivity (Wildman–Crippen MR) is 102 cm³/mol. The van der Waals surface area contributed by atoms with Crippen molar-refractivity contribution in [2.75, 3.05) is 13.1 Å². The van der Waals surface area contributed by atoms with Gasteiger partial charge in [0.2, 0.25) is 5.91 Å². The first-order valence-corrected chi connectivity index (χ1v) is 9.87. The van der Waals surface area contributed by atoms with Gasteiger partial charge < -0.3 is 10.4 Å². The van der Waals surface area contributed by atoms with Crippen molar-refractivity contribution in [1.29, 1.82) is 0 Å². The van der Waals surface area contributed by atoms with E-state index in [-0.39, 0.29) is 24.0 Å². The minimum Gasteiger partial charge on any atom is -0.393 e. The number of nitrogens with zero attached hydrogens (tertiary/aromatic N) is 2. The maximum absolute atomic E-state index is 12.7. The summed E-state index contributed by atoms with van der Waals surface area (Å²) in [4.78, 5) is 19.4. The first kappa shape index (κ1) is 16.9. The molecule has 5 nitrogen and oxygen atoms in total. The van der Waals surface area contributed by atoms with Gasteiger partial charge in [-0.3, -0.25) is 14.7 Å². The van der Waals surface area contributed by atoms with E-state index in [0.29, 0.717) is 24.7 Å². The van der Waals surface area contributed by atoms with E-state index in [1.54, 1.807) is 6.20 Å². The number of hydrogen-bond donors (Lipinski definition) is 2. The number of carbonyl (C=O) groups excluding carboxylic acids is 1. The molecule has 3 atom stereocenters. The first-order chi connectivity index (χ1) is 13.2. The van der Waals surface area contributed by atoms with E-state index in [1.165, 1.54) is 16.7 Å². The zero-order chi connectivity index (χ0) is 18.4. The van der Waals surface area contributed by atoms with E-state index in [9.17, 15) is 9.90 Å². The molecule has 5 rings (SSSR count). The van der Waals surface area contributed by atoms with Crippen LogP contribution in [0.3, 0.4) is 0 Å². The van der Waals surface area contributed by atoms with Crippen molar-refractivity contribution in [3.8, 4) is 0 Å². The van der Waals surface area contributed by atoms with Gasteiger partial charge in [0.1, 0.15) is 0 Å². The van der Waals surface area contributed by atoms with Gasteiger partial charge in [-0.15, -0.1) is 0 Å². The molecule has 0 unspecified atom stereocenters. The fourth-order valence-electron chi connectivity index (χ4n) is 5.08. The number of benzene rings is 1. The summed E-state index contributed by atoms with van der Waals surface area (Å²) in [5.41, 5.74) is 3.90. The van der Waals surface area contributed by atoms with Crippen LogP contribution >= 0.6 is 0 Å². The Morgan fingerprint density at radius 3 is 2.70 bits per heavy atom. The minimum atomic E-state index is -0.300. The Hall–Kier alpha value is -2.24. The van der Waals surface area contributed by atoms with Crippen LogP contribution in [0.5, 0.6) is 0 Å². The van der Waals surface area contributed by atoms with Crippen LogP contribution in [0.1, 0.15) is 41.5 Å². The van der Waals surface area contributed by atoms with Crippen molar-refractivity contribution in [3.05, 3.63) is 65.5 Å². The highest BCUT2D eigenvalue weighted by molar-refractivity contribution is 5.80. The van der Waals surface area contributed by atoms with Crippen molar-refractivity contribution in [2.24, 2.45) is 11.8 Å². The van der Waals surface area contributed by atoms with Gasteiger partial charge in [0.25, 0.3) is 0 Å². The second-order valence-corrected chi connectivity index (χ2v) is 8.26. The molecular formula is C22H25N3O2. The maximum Gasteiger partial charge on any atom is 0.223 e. The molecule has 1 saturated heterocycles. The van der Waals surface area contributed by atoms with Gasteiger partial charge in [0.05, 0.1) is 12.1 Å². The van der Waals surface area contributed by atoms with Crippen molar-refractivity contribution >= 4 is 5.91 Å². The normalized spacial score (nSPS) is 31.8. The Morgan fingerprint density at radius 1 is 1.15 bits per heavy atom. The molecule has 1 amide bonds. The zero-order valence-corrected chi connectivity index (χ0v) is 15.3. The summed E-state index contributed by atoms with van der Waals surface area (Å²) in [6.45, 7) is 2.90. The number of aromatic nitrogens is 1. The second kappa shape index (κ2) is 6.73. The summed E-state index contributed by atoms with van der Waals surface area (Å²) in [7, 11) is 0. The minimum absolute atomic E-state index is 0.0286. The summed E-state index contributed by atoms with van der Waals surface area (Å²) in [5.74, 6) is 0.953. The van der Waals surface area contributed by atoms with Crippen LogP contribution in [0.2, 0.25) is 0 Å². The number of aliphatic hydroxyl groups excluding tert-OH is 1. The molecule has 0 bridgehead atoms. The molecule has 140 valence electrons. The summed E-state index contributed by atoms with van der Waals surface area (Å²) in [5, 5.41) is 12.8. The Bertz CT molecular complexity index is 834. The number of hydrogen-bond acceptors (Lipinski definition) is 4. The Morgan fingerprint density at radius 2 is 1.96 bits per heavy atom. The van der Waals surface area contributed by atoms with Gasteiger partial charge >= 0.3 is 0 Å². The smallest absolute Gasteiger partial charge is 0.223 e. The number of carbonyl (C=O) groups is 1. The average molecular weight is 363 g/mol. The van der Waals surface area contributed by atoms with Gasteiger partial charge in [-0.25, -0.2) is 0 Å². The molecule has 2 aromatic rings. The highest BCUT2D eigenvalue weighted by atomic mass is 16.3. The van der Waals surface area contributed by atoms with Crippen LogP contribution in [0.15, 0.2) is 48.8 Å². The average Bonchev–Trinajstić information content (AvgIpc) is 3.18. The molecular weight excluding hydrogens is 338 g/mol. The van der Waals surface area contributed by atoms with Crippen LogP contribution in [-0.4, -0.2) is 40.1 Å². The van der Waals surface area contributed by atoms with Gasteiger partial charge in [0, 0.05) is 49.8 Å². The van der Waals surface area contributed by atoms with Gasteiger partial charge in [-0.05, 0) is 35.6 Å². The molecule has 2 N–H and O–H groups in total.